The van der Waals surface area contributed by atoms with Crippen LogP contribution in [0.3, 0.4) is 0 Å². The molecular formula is C13H18N4O2S. The molecule has 1 amide bonds. The highest BCUT2D eigenvalue weighted by molar-refractivity contribution is 7.80. The molecule has 1 fully saturated rings. The highest BCUT2D eigenvalue weighted by Crippen LogP contribution is 2.22. The van der Waals surface area contributed by atoms with Crippen molar-refractivity contribution in [3.63, 3.8) is 0 Å². The van der Waals surface area contributed by atoms with Gasteiger partial charge in [0.05, 0.1) is 10.5 Å². The van der Waals surface area contributed by atoms with Gasteiger partial charge in [-0.2, -0.15) is 0 Å². The maximum absolute atomic E-state index is 12.3. The molecule has 1 aromatic heterocycles. The maximum atomic E-state index is 12.3. The summed E-state index contributed by atoms with van der Waals surface area (Å²) in [5, 5.41) is 2.91. The largest absolute Gasteiger partial charge is 0.391 e. The van der Waals surface area contributed by atoms with Crippen LogP contribution in [0, 0.1) is 0 Å². The number of rotatable bonds is 3. The molecule has 0 radical (unpaired) electrons. The molecular weight excluding hydrogens is 276 g/mol. The lowest BCUT2D eigenvalue weighted by Gasteiger charge is -2.40. The number of H-pyrrole nitrogens is 1. The molecule has 6 nitrogen and oxygen atoms in total. The van der Waals surface area contributed by atoms with Crippen LogP contribution in [0.5, 0.6) is 0 Å². The minimum absolute atomic E-state index is 0.295. The lowest BCUT2D eigenvalue weighted by Crippen LogP contribution is -2.61. The summed E-state index contributed by atoms with van der Waals surface area (Å²) >= 11 is 5.14. The number of likely N-dealkylation sites (tertiary alicyclic amines) is 1. The van der Waals surface area contributed by atoms with Crippen LogP contribution in [0.1, 0.15) is 23.2 Å². The predicted molar refractivity (Wildman–Crippen MR) is 80.8 cm³/mol. The number of nitrogens with two attached hydrogens (primary N) is 1. The SMILES string of the molecule is CN1CCC(NC(=O)c2cc[nH]c(=O)c2)(C(N)=S)CC1. The molecule has 1 aliphatic heterocycles. The number of aromatic nitrogens is 1. The smallest absolute Gasteiger partial charge is 0.252 e. The van der Waals surface area contributed by atoms with Crippen molar-refractivity contribution in [2.45, 2.75) is 18.4 Å². The zero-order chi connectivity index (χ0) is 14.8. The van der Waals surface area contributed by atoms with Gasteiger partial charge in [-0.15, -0.1) is 0 Å². The summed E-state index contributed by atoms with van der Waals surface area (Å²) in [7, 11) is 2.02. The van der Waals surface area contributed by atoms with Gasteiger partial charge in [0.15, 0.2) is 0 Å². The molecule has 0 aliphatic carbocycles. The van der Waals surface area contributed by atoms with Crippen molar-refractivity contribution in [3.05, 3.63) is 34.2 Å². The Morgan fingerprint density at radius 3 is 2.70 bits per heavy atom. The number of aromatic amines is 1. The molecule has 0 spiro atoms. The first-order valence-corrected chi connectivity index (χ1v) is 6.83. The van der Waals surface area contributed by atoms with Gasteiger partial charge in [0.1, 0.15) is 0 Å². The highest BCUT2D eigenvalue weighted by atomic mass is 32.1. The minimum atomic E-state index is -0.665. The molecule has 1 aromatic rings. The number of nitrogens with zero attached hydrogens (tertiary/aromatic N) is 1. The number of pyridine rings is 1. The van der Waals surface area contributed by atoms with E-state index in [0.717, 1.165) is 13.1 Å². The molecule has 0 atom stereocenters. The summed E-state index contributed by atoms with van der Waals surface area (Å²) in [6, 6.07) is 2.82. The van der Waals surface area contributed by atoms with Gasteiger partial charge in [0, 0.05) is 30.9 Å². The van der Waals surface area contributed by atoms with E-state index < -0.39 is 5.54 Å². The van der Waals surface area contributed by atoms with E-state index in [-0.39, 0.29) is 11.5 Å². The van der Waals surface area contributed by atoms with Crippen molar-refractivity contribution in [2.75, 3.05) is 20.1 Å². The number of nitrogens with one attached hydrogen (secondary N) is 2. The maximum Gasteiger partial charge on any atom is 0.252 e. The fourth-order valence-electron chi connectivity index (χ4n) is 2.31. The van der Waals surface area contributed by atoms with Crippen LogP contribution in [0.25, 0.3) is 0 Å². The molecule has 108 valence electrons. The molecule has 0 bridgehead atoms. The van der Waals surface area contributed by atoms with Gasteiger partial charge in [-0.1, -0.05) is 12.2 Å². The lowest BCUT2D eigenvalue weighted by atomic mass is 9.87. The van der Waals surface area contributed by atoms with Gasteiger partial charge >= 0.3 is 0 Å². The Hall–Kier alpha value is -1.73. The molecule has 20 heavy (non-hydrogen) atoms. The zero-order valence-electron chi connectivity index (χ0n) is 11.3. The van der Waals surface area contributed by atoms with E-state index in [4.69, 9.17) is 18.0 Å². The fourth-order valence-corrected chi connectivity index (χ4v) is 2.56. The summed E-state index contributed by atoms with van der Waals surface area (Å²) in [5.41, 5.74) is 5.16. The Morgan fingerprint density at radius 2 is 2.15 bits per heavy atom. The quantitative estimate of drug-likeness (QED) is 0.675. The standard InChI is InChI=1S/C13H18N4O2S/c1-17-6-3-13(4-7-17,12(14)20)16-11(19)9-2-5-15-10(18)8-9/h2,5,8H,3-4,6-7H2,1H3,(H2,14,20)(H,15,18)(H,16,19). The Kier molecular flexibility index (Phi) is 4.20. The van der Waals surface area contributed by atoms with E-state index >= 15 is 0 Å². The average Bonchev–Trinajstić information content (AvgIpc) is 2.41. The van der Waals surface area contributed by atoms with Crippen LogP contribution in [-0.2, 0) is 0 Å². The number of piperidine rings is 1. The molecule has 1 aliphatic rings. The summed E-state index contributed by atoms with van der Waals surface area (Å²) in [4.78, 5) is 28.4. The van der Waals surface area contributed by atoms with Crippen molar-refractivity contribution in [3.8, 4) is 0 Å². The second kappa shape index (κ2) is 5.72. The molecule has 2 heterocycles. The normalized spacial score (nSPS) is 18.4. The van der Waals surface area contributed by atoms with E-state index in [0.29, 0.717) is 23.4 Å². The van der Waals surface area contributed by atoms with Gasteiger partial charge in [-0.3, -0.25) is 9.59 Å². The van der Waals surface area contributed by atoms with Gasteiger partial charge in [-0.25, -0.2) is 0 Å². The molecule has 4 N–H and O–H groups in total. The van der Waals surface area contributed by atoms with Crippen LogP contribution in [0.15, 0.2) is 23.1 Å². The third kappa shape index (κ3) is 3.05. The second-order valence-electron chi connectivity index (χ2n) is 5.15. The van der Waals surface area contributed by atoms with E-state index in [1.807, 2.05) is 7.05 Å². The summed E-state index contributed by atoms with van der Waals surface area (Å²) in [6.07, 6.45) is 2.79. The average molecular weight is 294 g/mol. The van der Waals surface area contributed by atoms with Gasteiger partial charge in [-0.05, 0) is 26.0 Å². The topological polar surface area (TPSA) is 91.2 Å². The molecule has 0 unspecified atom stereocenters. The van der Waals surface area contributed by atoms with Crippen LogP contribution >= 0.6 is 12.2 Å². The van der Waals surface area contributed by atoms with Gasteiger partial charge < -0.3 is 20.9 Å². The van der Waals surface area contributed by atoms with Gasteiger partial charge in [0.25, 0.3) is 5.91 Å². The van der Waals surface area contributed by atoms with Crippen molar-refractivity contribution >= 4 is 23.1 Å². The van der Waals surface area contributed by atoms with Crippen LogP contribution in [-0.4, -0.2) is 46.5 Å². The summed E-state index contributed by atoms with van der Waals surface area (Å²) < 4.78 is 0. The summed E-state index contributed by atoms with van der Waals surface area (Å²) in [6.45, 7) is 1.62. The van der Waals surface area contributed by atoms with Crippen molar-refractivity contribution in [1.82, 2.24) is 15.2 Å². The number of hydrogen-bond donors (Lipinski definition) is 3. The number of carbonyl (C=O) groups is 1. The Morgan fingerprint density at radius 1 is 1.50 bits per heavy atom. The third-order valence-electron chi connectivity index (χ3n) is 3.70. The Bertz CT molecular complexity index is 576. The summed E-state index contributed by atoms with van der Waals surface area (Å²) in [5.74, 6) is -0.326. The molecule has 1 saturated heterocycles. The Labute approximate surface area is 122 Å². The van der Waals surface area contributed by atoms with Crippen LogP contribution in [0.4, 0.5) is 0 Å². The third-order valence-corrected chi connectivity index (χ3v) is 4.09. The second-order valence-corrected chi connectivity index (χ2v) is 5.59. The lowest BCUT2D eigenvalue weighted by molar-refractivity contribution is 0.0890. The number of carbonyl (C=O) groups excluding carboxylic acids is 1. The van der Waals surface area contributed by atoms with Crippen LogP contribution < -0.4 is 16.6 Å². The molecule has 0 saturated carbocycles. The number of hydrogen-bond acceptors (Lipinski definition) is 4. The van der Waals surface area contributed by atoms with E-state index in [1.54, 1.807) is 6.07 Å². The first kappa shape index (κ1) is 14.7. The predicted octanol–water partition coefficient (Wildman–Crippen LogP) is -0.145. The molecule has 0 aromatic carbocycles. The first-order chi connectivity index (χ1) is 9.43. The minimum Gasteiger partial charge on any atom is -0.391 e. The molecule has 7 heteroatoms. The van der Waals surface area contributed by atoms with E-state index in [9.17, 15) is 9.59 Å². The monoisotopic (exact) mass is 294 g/mol. The van der Waals surface area contributed by atoms with Crippen molar-refractivity contribution in [2.24, 2.45) is 5.73 Å². The van der Waals surface area contributed by atoms with E-state index in [1.165, 1.54) is 12.3 Å². The number of amides is 1. The zero-order valence-corrected chi connectivity index (χ0v) is 12.1. The highest BCUT2D eigenvalue weighted by Gasteiger charge is 2.38. The van der Waals surface area contributed by atoms with E-state index in [2.05, 4.69) is 15.2 Å². The fraction of sp³-hybridized carbons (Fsp3) is 0.462. The first-order valence-electron chi connectivity index (χ1n) is 6.43. The Balaban J connectivity index is 2.19. The van der Waals surface area contributed by atoms with Crippen molar-refractivity contribution < 1.29 is 4.79 Å². The van der Waals surface area contributed by atoms with Crippen molar-refractivity contribution in [1.29, 1.82) is 0 Å². The number of thiocarbonyl (C=S) groups is 1. The van der Waals surface area contributed by atoms with Crippen LogP contribution in [0.2, 0.25) is 0 Å². The van der Waals surface area contributed by atoms with Gasteiger partial charge in [0.2, 0.25) is 5.56 Å². The molecule has 2 rings (SSSR count).